The van der Waals surface area contributed by atoms with Crippen molar-refractivity contribution in [3.05, 3.63) is 47.6 Å². The van der Waals surface area contributed by atoms with Gasteiger partial charge in [0.15, 0.2) is 6.10 Å². The van der Waals surface area contributed by atoms with Crippen molar-refractivity contribution >= 4 is 11.6 Å². The van der Waals surface area contributed by atoms with E-state index in [-0.39, 0.29) is 6.10 Å². The molecule has 1 N–H and O–H groups in total. The van der Waals surface area contributed by atoms with Crippen molar-refractivity contribution in [2.45, 2.75) is 12.5 Å². The highest BCUT2D eigenvalue weighted by Gasteiger charge is 2.31. The quantitative estimate of drug-likeness (QED) is 0.934. The first-order valence-electron chi connectivity index (χ1n) is 6.35. The van der Waals surface area contributed by atoms with Crippen molar-refractivity contribution in [1.82, 2.24) is 10.3 Å². The normalized spacial score (nSPS) is 20.4. The monoisotopic (exact) mass is 278 g/mol. The van der Waals surface area contributed by atoms with Crippen LogP contribution in [-0.4, -0.2) is 18.1 Å². The van der Waals surface area contributed by atoms with E-state index >= 15 is 0 Å². The molecular formula is C14H15ClN2O2. The van der Waals surface area contributed by atoms with Gasteiger partial charge in [-0.05, 0) is 31.2 Å². The molecule has 1 aromatic carbocycles. The average molecular weight is 279 g/mol. The molecule has 0 aliphatic carbocycles. The van der Waals surface area contributed by atoms with Crippen LogP contribution in [0.4, 0.5) is 0 Å². The number of benzene rings is 1. The topological polar surface area (TPSA) is 47.3 Å². The van der Waals surface area contributed by atoms with Crippen molar-refractivity contribution in [1.29, 1.82) is 0 Å². The molecule has 1 unspecified atom stereocenters. The Hall–Kier alpha value is -1.52. The van der Waals surface area contributed by atoms with Gasteiger partial charge in [-0.15, -0.1) is 0 Å². The minimum Gasteiger partial charge on any atom is -0.480 e. The fraction of sp³-hybridized carbons (Fsp3) is 0.357. The molecule has 0 saturated carbocycles. The first kappa shape index (κ1) is 12.5. The number of oxazole rings is 1. The van der Waals surface area contributed by atoms with Crippen LogP contribution in [0.1, 0.15) is 18.4 Å². The third-order valence-corrected chi connectivity index (χ3v) is 3.52. The maximum absolute atomic E-state index is 6.04. The van der Waals surface area contributed by atoms with Crippen LogP contribution in [0, 0.1) is 5.92 Å². The van der Waals surface area contributed by atoms with Crippen molar-refractivity contribution in [3.63, 3.8) is 0 Å². The lowest BCUT2D eigenvalue weighted by atomic mass is 10.0. The summed E-state index contributed by atoms with van der Waals surface area (Å²) < 4.78 is 11.5. The predicted octanol–water partition coefficient (Wildman–Crippen LogP) is 3.06. The number of nitrogens with one attached hydrogen (secondary N) is 1. The summed E-state index contributed by atoms with van der Waals surface area (Å²) in [5.41, 5.74) is 0. The lowest BCUT2D eigenvalue weighted by Gasteiger charge is -2.21. The van der Waals surface area contributed by atoms with Gasteiger partial charge in [-0.2, -0.15) is 0 Å². The van der Waals surface area contributed by atoms with E-state index in [0.717, 1.165) is 25.3 Å². The molecule has 0 radical (unpaired) electrons. The summed E-state index contributed by atoms with van der Waals surface area (Å²) in [5.74, 6) is 1.72. The van der Waals surface area contributed by atoms with Gasteiger partial charge in [-0.1, -0.05) is 17.7 Å². The predicted molar refractivity (Wildman–Crippen MR) is 72.3 cm³/mol. The SMILES string of the molecule is Clc1cccc(O[C@H](c2ncco2)C2CCNC2)c1. The van der Waals surface area contributed by atoms with Crippen LogP contribution in [0.15, 0.2) is 41.1 Å². The van der Waals surface area contributed by atoms with Gasteiger partial charge in [-0.25, -0.2) is 4.98 Å². The second-order valence-corrected chi connectivity index (χ2v) is 5.06. The summed E-state index contributed by atoms with van der Waals surface area (Å²) in [4.78, 5) is 4.23. The molecule has 0 spiro atoms. The van der Waals surface area contributed by atoms with E-state index in [2.05, 4.69) is 10.3 Å². The Morgan fingerprint density at radius 2 is 2.42 bits per heavy atom. The molecule has 2 heterocycles. The minimum atomic E-state index is -0.177. The molecule has 1 fully saturated rings. The van der Waals surface area contributed by atoms with Gasteiger partial charge in [0.05, 0.1) is 6.20 Å². The third kappa shape index (κ3) is 2.91. The number of halogens is 1. The Morgan fingerprint density at radius 3 is 3.11 bits per heavy atom. The van der Waals surface area contributed by atoms with Crippen molar-refractivity contribution in [2.24, 2.45) is 5.92 Å². The van der Waals surface area contributed by atoms with E-state index in [4.69, 9.17) is 20.8 Å². The Balaban J connectivity index is 1.83. The molecule has 1 aromatic heterocycles. The van der Waals surface area contributed by atoms with Crippen LogP contribution in [0.3, 0.4) is 0 Å². The first-order chi connectivity index (χ1) is 9.33. The highest BCUT2D eigenvalue weighted by Crippen LogP contribution is 2.31. The lowest BCUT2D eigenvalue weighted by molar-refractivity contribution is 0.114. The minimum absolute atomic E-state index is 0.177. The zero-order valence-corrected chi connectivity index (χ0v) is 11.1. The van der Waals surface area contributed by atoms with Gasteiger partial charge in [0, 0.05) is 17.5 Å². The standard InChI is InChI=1S/C14H15ClN2O2/c15-11-2-1-3-12(8-11)19-13(10-4-5-16-9-10)14-17-6-7-18-14/h1-3,6-8,10,13,16H,4-5,9H2/t10?,13-/m0/s1. The van der Waals surface area contributed by atoms with Gasteiger partial charge in [0.2, 0.25) is 5.89 Å². The van der Waals surface area contributed by atoms with Crippen LogP contribution in [0.5, 0.6) is 5.75 Å². The van der Waals surface area contributed by atoms with Crippen LogP contribution >= 0.6 is 11.6 Å². The molecule has 5 heteroatoms. The van der Waals surface area contributed by atoms with Gasteiger partial charge in [0.1, 0.15) is 12.0 Å². The van der Waals surface area contributed by atoms with Crippen molar-refractivity contribution in [2.75, 3.05) is 13.1 Å². The van der Waals surface area contributed by atoms with E-state index in [9.17, 15) is 0 Å². The van der Waals surface area contributed by atoms with Crippen LogP contribution < -0.4 is 10.1 Å². The van der Waals surface area contributed by atoms with Gasteiger partial charge in [-0.3, -0.25) is 0 Å². The Bertz CT molecular complexity index is 524. The summed E-state index contributed by atoms with van der Waals surface area (Å²) in [6, 6.07) is 7.40. The smallest absolute Gasteiger partial charge is 0.235 e. The lowest BCUT2D eigenvalue weighted by Crippen LogP contribution is -2.21. The fourth-order valence-electron chi connectivity index (χ4n) is 2.35. The van der Waals surface area contributed by atoms with E-state index in [0.29, 0.717) is 16.8 Å². The zero-order chi connectivity index (χ0) is 13.1. The summed E-state index contributed by atoms with van der Waals surface area (Å²) in [5, 5.41) is 4.00. The first-order valence-corrected chi connectivity index (χ1v) is 6.73. The third-order valence-electron chi connectivity index (χ3n) is 3.28. The summed E-state index contributed by atoms with van der Waals surface area (Å²) in [6.07, 6.45) is 4.09. The van der Waals surface area contributed by atoms with Crippen molar-refractivity contribution < 1.29 is 9.15 Å². The number of hydrogen-bond acceptors (Lipinski definition) is 4. The highest BCUT2D eigenvalue weighted by molar-refractivity contribution is 6.30. The van der Waals surface area contributed by atoms with E-state index in [1.54, 1.807) is 18.5 Å². The number of hydrogen-bond donors (Lipinski definition) is 1. The van der Waals surface area contributed by atoms with Crippen LogP contribution in [-0.2, 0) is 0 Å². The molecule has 100 valence electrons. The second kappa shape index (κ2) is 5.63. The molecule has 19 heavy (non-hydrogen) atoms. The average Bonchev–Trinajstić information content (AvgIpc) is 3.10. The molecule has 4 nitrogen and oxygen atoms in total. The van der Waals surface area contributed by atoms with Gasteiger partial charge >= 0.3 is 0 Å². The Kier molecular flexibility index (Phi) is 3.71. The van der Waals surface area contributed by atoms with Gasteiger partial charge in [0.25, 0.3) is 0 Å². The number of rotatable bonds is 4. The van der Waals surface area contributed by atoms with Crippen molar-refractivity contribution in [3.8, 4) is 5.75 Å². The van der Waals surface area contributed by atoms with E-state index in [1.807, 2.05) is 18.2 Å². The fourth-order valence-corrected chi connectivity index (χ4v) is 2.53. The Morgan fingerprint density at radius 1 is 1.47 bits per heavy atom. The van der Waals surface area contributed by atoms with Crippen LogP contribution in [0.2, 0.25) is 5.02 Å². The summed E-state index contributed by atoms with van der Waals surface area (Å²) >= 11 is 5.98. The Labute approximate surface area is 116 Å². The molecule has 1 aliphatic rings. The zero-order valence-electron chi connectivity index (χ0n) is 10.4. The molecule has 2 aromatic rings. The van der Waals surface area contributed by atoms with Crippen LogP contribution in [0.25, 0.3) is 0 Å². The summed E-state index contributed by atoms with van der Waals surface area (Å²) in [7, 11) is 0. The molecule has 3 rings (SSSR count). The molecular weight excluding hydrogens is 264 g/mol. The van der Waals surface area contributed by atoms with E-state index in [1.165, 1.54) is 0 Å². The number of aromatic nitrogens is 1. The molecule has 0 amide bonds. The maximum Gasteiger partial charge on any atom is 0.235 e. The second-order valence-electron chi connectivity index (χ2n) is 4.62. The molecule has 2 atom stereocenters. The summed E-state index contributed by atoms with van der Waals surface area (Å²) in [6.45, 7) is 1.91. The molecule has 1 aliphatic heterocycles. The maximum atomic E-state index is 6.04. The molecule has 1 saturated heterocycles. The largest absolute Gasteiger partial charge is 0.480 e. The highest BCUT2D eigenvalue weighted by atomic mass is 35.5. The van der Waals surface area contributed by atoms with E-state index < -0.39 is 0 Å². The number of nitrogens with zero attached hydrogens (tertiary/aromatic N) is 1. The molecule has 0 bridgehead atoms. The number of ether oxygens (including phenoxy) is 1. The van der Waals surface area contributed by atoms with Gasteiger partial charge < -0.3 is 14.5 Å².